The first-order valence-electron chi connectivity index (χ1n) is 3.01. The molecule has 2 nitrogen and oxygen atoms in total. The highest BCUT2D eigenvalue weighted by atomic mass is 19.4. The number of hydrogen-bond donors (Lipinski definition) is 2. The summed E-state index contributed by atoms with van der Waals surface area (Å²) in [4.78, 5) is 0. The van der Waals surface area contributed by atoms with Gasteiger partial charge in [-0.15, -0.1) is 0 Å². The molecule has 1 atom stereocenters. The van der Waals surface area contributed by atoms with Crippen LogP contribution in [0.15, 0.2) is 0 Å². The van der Waals surface area contributed by atoms with Crippen molar-refractivity contribution in [2.24, 2.45) is 5.73 Å². The average Bonchev–Trinajstić information content (AvgIpc) is 1.84. The number of hydrogen-bond acceptors (Lipinski definition) is 2. The standard InChI is InChI=1S/C5H8F5NO/c6-4(7,5(8,9)10)1-3(11)2-12/h3,12H,1-2,11H2/t3-/m1/s1. The van der Waals surface area contributed by atoms with Crippen molar-refractivity contribution in [1.82, 2.24) is 0 Å². The van der Waals surface area contributed by atoms with Crippen molar-refractivity contribution < 1.29 is 27.1 Å². The van der Waals surface area contributed by atoms with Gasteiger partial charge in [0.25, 0.3) is 0 Å². The van der Waals surface area contributed by atoms with E-state index < -0.39 is 31.2 Å². The molecule has 0 aliphatic carbocycles. The van der Waals surface area contributed by atoms with Crippen molar-refractivity contribution in [2.75, 3.05) is 6.61 Å². The van der Waals surface area contributed by atoms with Crippen LogP contribution in [0.4, 0.5) is 22.0 Å². The Bertz CT molecular complexity index is 145. The number of halogens is 5. The molecule has 0 rings (SSSR count). The van der Waals surface area contributed by atoms with Gasteiger partial charge in [-0.25, -0.2) is 0 Å². The quantitative estimate of drug-likeness (QED) is 0.654. The minimum Gasteiger partial charge on any atom is -0.395 e. The largest absolute Gasteiger partial charge is 0.453 e. The van der Waals surface area contributed by atoms with Crippen LogP contribution in [0.25, 0.3) is 0 Å². The van der Waals surface area contributed by atoms with E-state index in [1.165, 1.54) is 0 Å². The molecule has 0 aromatic heterocycles. The van der Waals surface area contributed by atoms with Crippen molar-refractivity contribution in [1.29, 1.82) is 0 Å². The van der Waals surface area contributed by atoms with Crippen molar-refractivity contribution in [3.05, 3.63) is 0 Å². The van der Waals surface area contributed by atoms with Crippen LogP contribution in [0.1, 0.15) is 6.42 Å². The van der Waals surface area contributed by atoms with Crippen LogP contribution in [0.2, 0.25) is 0 Å². The van der Waals surface area contributed by atoms with Crippen LogP contribution in [-0.2, 0) is 0 Å². The molecule has 0 aliphatic rings. The molecule has 0 bridgehead atoms. The van der Waals surface area contributed by atoms with Crippen LogP contribution >= 0.6 is 0 Å². The molecule has 0 saturated heterocycles. The maximum Gasteiger partial charge on any atom is 0.453 e. The zero-order chi connectivity index (χ0) is 9.99. The summed E-state index contributed by atoms with van der Waals surface area (Å²) in [7, 11) is 0. The zero-order valence-corrected chi connectivity index (χ0v) is 5.91. The van der Waals surface area contributed by atoms with Gasteiger partial charge in [-0.05, 0) is 0 Å². The van der Waals surface area contributed by atoms with Gasteiger partial charge in [0, 0.05) is 12.5 Å². The van der Waals surface area contributed by atoms with Gasteiger partial charge in [0.15, 0.2) is 0 Å². The lowest BCUT2D eigenvalue weighted by atomic mass is 10.1. The fourth-order valence-electron chi connectivity index (χ4n) is 0.510. The van der Waals surface area contributed by atoms with Crippen LogP contribution in [-0.4, -0.2) is 29.9 Å². The lowest BCUT2D eigenvalue weighted by Crippen LogP contribution is -2.43. The Morgan fingerprint density at radius 3 is 1.83 bits per heavy atom. The molecule has 0 aliphatic heterocycles. The Morgan fingerprint density at radius 2 is 1.58 bits per heavy atom. The SMILES string of the molecule is N[C@@H](CO)CC(F)(F)C(F)(F)F. The lowest BCUT2D eigenvalue weighted by molar-refractivity contribution is -0.286. The van der Waals surface area contributed by atoms with Gasteiger partial charge in [-0.3, -0.25) is 0 Å². The van der Waals surface area contributed by atoms with E-state index in [0.717, 1.165) is 0 Å². The summed E-state index contributed by atoms with van der Waals surface area (Å²) in [6, 6.07) is -1.55. The van der Waals surface area contributed by atoms with Crippen LogP contribution in [0.5, 0.6) is 0 Å². The molecule has 12 heavy (non-hydrogen) atoms. The van der Waals surface area contributed by atoms with E-state index in [2.05, 4.69) is 0 Å². The first-order valence-corrected chi connectivity index (χ1v) is 3.01. The maximum atomic E-state index is 12.1. The molecular formula is C5H8F5NO. The highest BCUT2D eigenvalue weighted by molar-refractivity contribution is 4.80. The first-order chi connectivity index (χ1) is 5.20. The molecule has 74 valence electrons. The van der Waals surface area contributed by atoms with Gasteiger partial charge >= 0.3 is 12.1 Å². The highest BCUT2D eigenvalue weighted by Gasteiger charge is 2.57. The zero-order valence-electron chi connectivity index (χ0n) is 5.91. The second-order valence-electron chi connectivity index (χ2n) is 2.35. The Morgan fingerprint density at radius 1 is 1.17 bits per heavy atom. The molecule has 0 radical (unpaired) electrons. The van der Waals surface area contributed by atoms with Gasteiger partial charge in [0.2, 0.25) is 0 Å². The molecule has 0 aromatic carbocycles. The molecule has 3 N–H and O–H groups in total. The minimum absolute atomic E-state index is 0.897. The number of aliphatic hydroxyl groups is 1. The van der Waals surface area contributed by atoms with Crippen molar-refractivity contribution in [3.63, 3.8) is 0 Å². The third kappa shape index (κ3) is 2.90. The number of rotatable bonds is 3. The van der Waals surface area contributed by atoms with Crippen LogP contribution in [0, 0.1) is 0 Å². The monoisotopic (exact) mass is 193 g/mol. The van der Waals surface area contributed by atoms with Crippen LogP contribution < -0.4 is 5.73 Å². The molecule has 0 unspecified atom stereocenters. The second kappa shape index (κ2) is 3.53. The van der Waals surface area contributed by atoms with Crippen molar-refractivity contribution >= 4 is 0 Å². The van der Waals surface area contributed by atoms with Gasteiger partial charge < -0.3 is 10.8 Å². The highest BCUT2D eigenvalue weighted by Crippen LogP contribution is 2.38. The number of nitrogens with two attached hydrogens (primary N) is 1. The summed E-state index contributed by atoms with van der Waals surface area (Å²) in [6.45, 7) is -0.897. The summed E-state index contributed by atoms with van der Waals surface area (Å²) < 4.78 is 58.4. The summed E-state index contributed by atoms with van der Waals surface area (Å²) >= 11 is 0. The average molecular weight is 193 g/mol. The Balaban J connectivity index is 4.22. The molecule has 0 spiro atoms. The van der Waals surface area contributed by atoms with Gasteiger partial charge in [0.1, 0.15) is 0 Å². The number of alkyl halides is 5. The topological polar surface area (TPSA) is 46.2 Å². The fourth-order valence-corrected chi connectivity index (χ4v) is 0.510. The molecule has 0 saturated carbocycles. The van der Waals surface area contributed by atoms with E-state index in [1.54, 1.807) is 0 Å². The maximum absolute atomic E-state index is 12.1. The Labute approximate surface area is 65.2 Å². The normalized spacial score (nSPS) is 16.2. The van der Waals surface area contributed by atoms with E-state index in [-0.39, 0.29) is 0 Å². The van der Waals surface area contributed by atoms with E-state index in [4.69, 9.17) is 10.8 Å². The summed E-state index contributed by atoms with van der Waals surface area (Å²) in [5, 5.41) is 8.14. The van der Waals surface area contributed by atoms with E-state index >= 15 is 0 Å². The van der Waals surface area contributed by atoms with E-state index in [1.807, 2.05) is 0 Å². The summed E-state index contributed by atoms with van der Waals surface area (Å²) in [6.07, 6.45) is -7.19. The number of aliphatic hydroxyl groups excluding tert-OH is 1. The Hall–Kier alpha value is -0.430. The summed E-state index contributed by atoms with van der Waals surface area (Å²) in [5.41, 5.74) is 4.73. The minimum atomic E-state index is -5.60. The predicted molar refractivity (Wildman–Crippen MR) is 30.7 cm³/mol. The van der Waals surface area contributed by atoms with Crippen LogP contribution in [0.3, 0.4) is 0 Å². The van der Waals surface area contributed by atoms with E-state index in [0.29, 0.717) is 0 Å². The van der Waals surface area contributed by atoms with Gasteiger partial charge in [-0.1, -0.05) is 0 Å². The Kier molecular flexibility index (Phi) is 3.40. The predicted octanol–water partition coefficient (Wildman–Crippen LogP) is 0.894. The molecule has 0 fully saturated rings. The summed E-state index contributed by atoms with van der Waals surface area (Å²) in [5.74, 6) is -4.82. The van der Waals surface area contributed by atoms with E-state index in [9.17, 15) is 22.0 Å². The van der Waals surface area contributed by atoms with Crippen molar-refractivity contribution in [3.8, 4) is 0 Å². The molecule has 7 heteroatoms. The fraction of sp³-hybridized carbons (Fsp3) is 1.00. The van der Waals surface area contributed by atoms with Crippen molar-refractivity contribution in [2.45, 2.75) is 24.6 Å². The third-order valence-electron chi connectivity index (χ3n) is 1.17. The van der Waals surface area contributed by atoms with Gasteiger partial charge in [0.05, 0.1) is 6.61 Å². The smallest absolute Gasteiger partial charge is 0.395 e. The second-order valence-corrected chi connectivity index (χ2v) is 2.35. The molecule has 0 heterocycles. The lowest BCUT2D eigenvalue weighted by Gasteiger charge is -2.21. The molecular weight excluding hydrogens is 185 g/mol. The van der Waals surface area contributed by atoms with Gasteiger partial charge in [-0.2, -0.15) is 22.0 Å². The first kappa shape index (κ1) is 11.6. The molecule has 0 amide bonds. The molecule has 0 aromatic rings. The third-order valence-corrected chi connectivity index (χ3v) is 1.17.